The molecule has 1 unspecified atom stereocenters. The summed E-state index contributed by atoms with van der Waals surface area (Å²) in [6.45, 7) is 2.56. The summed E-state index contributed by atoms with van der Waals surface area (Å²) < 4.78 is 0. The molecule has 0 aromatic rings. The van der Waals surface area contributed by atoms with Gasteiger partial charge in [-0.2, -0.15) is 0 Å². The minimum atomic E-state index is -0.882. The van der Waals surface area contributed by atoms with Crippen LogP contribution in [0.3, 0.4) is 0 Å². The normalized spacial score (nSPS) is 13.5. The second kappa shape index (κ2) is 20.6. The summed E-state index contributed by atoms with van der Waals surface area (Å²) in [4.78, 5) is 10.8. The molecule has 1 atom stereocenters. The van der Waals surface area contributed by atoms with Crippen LogP contribution in [-0.4, -0.2) is 41.4 Å². The SMILES string of the molecule is CCCCCCCCCCCCCCCCCCC(CN)(CCO)NCC(=O)O. The Morgan fingerprint density at radius 1 is 0.759 bits per heavy atom. The lowest BCUT2D eigenvalue weighted by molar-refractivity contribution is -0.136. The number of aliphatic carboxylic acids is 1. The number of nitrogens with two attached hydrogens (primary N) is 1. The van der Waals surface area contributed by atoms with E-state index in [1.807, 2.05) is 0 Å². The largest absolute Gasteiger partial charge is 0.480 e. The first kappa shape index (κ1) is 28.4. The van der Waals surface area contributed by atoms with Gasteiger partial charge < -0.3 is 21.3 Å². The smallest absolute Gasteiger partial charge is 0.317 e. The van der Waals surface area contributed by atoms with Gasteiger partial charge in [0.05, 0.1) is 6.54 Å². The topological polar surface area (TPSA) is 95.6 Å². The van der Waals surface area contributed by atoms with E-state index in [-0.39, 0.29) is 13.2 Å². The third kappa shape index (κ3) is 17.9. The van der Waals surface area contributed by atoms with Crippen molar-refractivity contribution in [3.63, 3.8) is 0 Å². The van der Waals surface area contributed by atoms with Crippen molar-refractivity contribution in [1.29, 1.82) is 0 Å². The summed E-state index contributed by atoms with van der Waals surface area (Å²) >= 11 is 0. The van der Waals surface area contributed by atoms with Gasteiger partial charge in [-0.05, 0) is 12.8 Å². The van der Waals surface area contributed by atoms with Crippen molar-refractivity contribution >= 4 is 5.97 Å². The zero-order chi connectivity index (χ0) is 21.6. The molecule has 0 aromatic carbocycles. The number of unbranched alkanes of at least 4 members (excludes halogenated alkanes) is 15. The van der Waals surface area contributed by atoms with Crippen molar-refractivity contribution < 1.29 is 15.0 Å². The van der Waals surface area contributed by atoms with Crippen molar-refractivity contribution in [3.8, 4) is 0 Å². The monoisotopic (exact) mass is 414 g/mol. The molecule has 0 aromatic heterocycles. The third-order valence-electron chi connectivity index (χ3n) is 6.10. The minimum absolute atomic E-state index is 0.0304. The van der Waals surface area contributed by atoms with Crippen LogP contribution in [-0.2, 0) is 4.79 Å². The number of aliphatic hydroxyl groups excluding tert-OH is 1. The molecule has 5 heteroatoms. The van der Waals surface area contributed by atoms with E-state index in [0.717, 1.165) is 19.3 Å². The molecule has 5 N–H and O–H groups in total. The second-order valence-corrected chi connectivity index (χ2v) is 8.76. The Balaban J connectivity index is 3.53. The first-order valence-electron chi connectivity index (χ1n) is 12.4. The second-order valence-electron chi connectivity index (χ2n) is 8.76. The van der Waals surface area contributed by atoms with Crippen LogP contribution in [0.4, 0.5) is 0 Å². The van der Waals surface area contributed by atoms with Crippen LogP contribution in [0.5, 0.6) is 0 Å². The fraction of sp³-hybridized carbons (Fsp3) is 0.958. The predicted molar refractivity (Wildman–Crippen MR) is 123 cm³/mol. The number of hydrogen-bond acceptors (Lipinski definition) is 4. The van der Waals surface area contributed by atoms with Crippen molar-refractivity contribution in [2.24, 2.45) is 5.73 Å². The van der Waals surface area contributed by atoms with Gasteiger partial charge >= 0.3 is 5.97 Å². The molecule has 0 amide bonds. The molecule has 174 valence electrons. The molecule has 0 bridgehead atoms. The highest BCUT2D eigenvalue weighted by Gasteiger charge is 2.27. The maximum atomic E-state index is 10.8. The Bertz CT molecular complexity index is 366. The molecular formula is C24H50N2O3. The number of aliphatic hydroxyl groups is 1. The van der Waals surface area contributed by atoms with Crippen LogP contribution in [0.15, 0.2) is 0 Å². The Hall–Kier alpha value is -0.650. The lowest BCUT2D eigenvalue weighted by Gasteiger charge is -2.33. The van der Waals surface area contributed by atoms with E-state index < -0.39 is 11.5 Å². The van der Waals surface area contributed by atoms with Crippen LogP contribution >= 0.6 is 0 Å². The van der Waals surface area contributed by atoms with Gasteiger partial charge in [0.15, 0.2) is 0 Å². The molecule has 0 spiro atoms. The lowest BCUT2D eigenvalue weighted by atomic mass is 9.88. The van der Waals surface area contributed by atoms with Crippen LogP contribution in [0.2, 0.25) is 0 Å². The molecule has 0 radical (unpaired) electrons. The molecular weight excluding hydrogens is 364 g/mol. The zero-order valence-electron chi connectivity index (χ0n) is 19.2. The summed E-state index contributed by atoms with van der Waals surface area (Å²) in [6, 6.07) is 0. The molecule has 0 aliphatic heterocycles. The number of carboxylic acid groups (broad SMARTS) is 1. The van der Waals surface area contributed by atoms with Gasteiger partial charge in [-0.25, -0.2) is 0 Å². The average molecular weight is 415 g/mol. The Kier molecular flexibility index (Phi) is 20.2. The fourth-order valence-corrected chi connectivity index (χ4v) is 4.07. The van der Waals surface area contributed by atoms with Gasteiger partial charge in [0.2, 0.25) is 0 Å². The highest BCUT2D eigenvalue weighted by Crippen LogP contribution is 2.20. The molecule has 0 aliphatic rings. The van der Waals surface area contributed by atoms with E-state index in [1.165, 1.54) is 89.9 Å². The zero-order valence-corrected chi connectivity index (χ0v) is 19.2. The molecule has 29 heavy (non-hydrogen) atoms. The lowest BCUT2D eigenvalue weighted by Crippen LogP contribution is -2.53. The van der Waals surface area contributed by atoms with Crippen LogP contribution in [0.25, 0.3) is 0 Å². The quantitative estimate of drug-likeness (QED) is 0.168. The van der Waals surface area contributed by atoms with E-state index in [9.17, 15) is 9.90 Å². The summed E-state index contributed by atoms with van der Waals surface area (Å²) in [5.41, 5.74) is 5.44. The van der Waals surface area contributed by atoms with E-state index in [4.69, 9.17) is 10.8 Å². The van der Waals surface area contributed by atoms with Gasteiger partial charge in [0, 0.05) is 18.7 Å². The highest BCUT2D eigenvalue weighted by atomic mass is 16.4. The van der Waals surface area contributed by atoms with Crippen molar-refractivity contribution in [2.75, 3.05) is 19.7 Å². The van der Waals surface area contributed by atoms with E-state index in [0.29, 0.717) is 13.0 Å². The maximum Gasteiger partial charge on any atom is 0.317 e. The third-order valence-corrected chi connectivity index (χ3v) is 6.10. The van der Waals surface area contributed by atoms with Crippen LogP contribution in [0, 0.1) is 0 Å². The number of carbonyl (C=O) groups is 1. The molecule has 0 saturated heterocycles. The Morgan fingerprint density at radius 3 is 1.52 bits per heavy atom. The average Bonchev–Trinajstić information content (AvgIpc) is 2.71. The summed E-state index contributed by atoms with van der Waals surface area (Å²) in [5.74, 6) is -0.882. The minimum Gasteiger partial charge on any atom is -0.480 e. The molecule has 0 rings (SSSR count). The first-order valence-corrected chi connectivity index (χ1v) is 12.4. The van der Waals surface area contributed by atoms with E-state index in [1.54, 1.807) is 0 Å². The van der Waals surface area contributed by atoms with Gasteiger partial charge in [-0.15, -0.1) is 0 Å². The Morgan fingerprint density at radius 2 is 1.17 bits per heavy atom. The standard InChI is InChI=1S/C24H50N2O3/c1-2-3-4-5-6-7-8-9-10-11-12-13-14-15-16-17-18-24(22-25,19-20-27)26-21-23(28)29/h26-27H,2-22,25H2,1H3,(H,28,29). The number of carboxylic acids is 1. The van der Waals surface area contributed by atoms with E-state index >= 15 is 0 Å². The van der Waals surface area contributed by atoms with E-state index in [2.05, 4.69) is 12.2 Å². The van der Waals surface area contributed by atoms with Gasteiger partial charge in [0.25, 0.3) is 0 Å². The van der Waals surface area contributed by atoms with Gasteiger partial charge in [-0.3, -0.25) is 4.79 Å². The number of nitrogens with one attached hydrogen (secondary N) is 1. The summed E-state index contributed by atoms with van der Waals surface area (Å²) in [7, 11) is 0. The van der Waals surface area contributed by atoms with Crippen molar-refractivity contribution in [3.05, 3.63) is 0 Å². The molecule has 5 nitrogen and oxygen atoms in total. The van der Waals surface area contributed by atoms with Gasteiger partial charge in [0.1, 0.15) is 0 Å². The summed E-state index contributed by atoms with van der Waals surface area (Å²) in [6.07, 6.45) is 22.7. The fourth-order valence-electron chi connectivity index (χ4n) is 4.07. The van der Waals surface area contributed by atoms with Crippen LogP contribution in [0.1, 0.15) is 122 Å². The van der Waals surface area contributed by atoms with Crippen molar-refractivity contribution in [1.82, 2.24) is 5.32 Å². The molecule has 0 heterocycles. The molecule has 0 fully saturated rings. The van der Waals surface area contributed by atoms with Crippen molar-refractivity contribution in [2.45, 2.75) is 128 Å². The Labute approximate surface area is 180 Å². The van der Waals surface area contributed by atoms with Crippen LogP contribution < -0.4 is 11.1 Å². The summed E-state index contributed by atoms with van der Waals surface area (Å²) in [5, 5.41) is 21.2. The molecule has 0 saturated carbocycles. The number of hydrogen-bond donors (Lipinski definition) is 4. The molecule has 0 aliphatic carbocycles. The van der Waals surface area contributed by atoms with Gasteiger partial charge in [-0.1, -0.05) is 110 Å². The first-order chi connectivity index (χ1) is 14.1. The predicted octanol–water partition coefficient (Wildman–Crippen LogP) is 5.39. The highest BCUT2D eigenvalue weighted by molar-refractivity contribution is 5.69. The maximum absolute atomic E-state index is 10.8. The number of rotatable bonds is 23.